The van der Waals surface area contributed by atoms with Gasteiger partial charge in [0.15, 0.2) is 11.6 Å². The highest BCUT2D eigenvalue weighted by atomic mass is 32.2. The molecule has 1 amide bonds. The van der Waals surface area contributed by atoms with Crippen LogP contribution in [0.1, 0.15) is 22.4 Å². The summed E-state index contributed by atoms with van der Waals surface area (Å²) in [6.07, 6.45) is 0. The van der Waals surface area contributed by atoms with E-state index in [9.17, 15) is 14.4 Å². The van der Waals surface area contributed by atoms with Crippen molar-refractivity contribution in [3.8, 4) is 11.8 Å². The van der Waals surface area contributed by atoms with Crippen molar-refractivity contribution in [3.05, 3.63) is 52.5 Å². The highest BCUT2D eigenvalue weighted by Crippen LogP contribution is 2.24. The van der Waals surface area contributed by atoms with Crippen molar-refractivity contribution in [2.75, 3.05) is 19.9 Å². The molecule has 1 heterocycles. The molecule has 1 aromatic carbocycles. The van der Waals surface area contributed by atoms with Crippen LogP contribution in [0, 0.1) is 31.0 Å². The summed E-state index contributed by atoms with van der Waals surface area (Å²) in [5.74, 6) is -0.266. The van der Waals surface area contributed by atoms with Gasteiger partial charge in [-0.15, -0.1) is 0 Å². The summed E-state index contributed by atoms with van der Waals surface area (Å²) in [4.78, 5) is 18.2. The van der Waals surface area contributed by atoms with E-state index >= 15 is 0 Å². The van der Waals surface area contributed by atoms with E-state index in [1.807, 2.05) is 19.9 Å². The Labute approximate surface area is 156 Å². The minimum absolute atomic E-state index is 0.129. The van der Waals surface area contributed by atoms with Gasteiger partial charge >= 0.3 is 0 Å². The molecule has 1 aromatic heterocycles. The molecule has 0 aliphatic heterocycles. The molecule has 2 rings (SSSR count). The summed E-state index contributed by atoms with van der Waals surface area (Å²) in [6.45, 7) is 3.99. The zero-order chi connectivity index (χ0) is 19.3. The number of amides is 1. The van der Waals surface area contributed by atoms with Gasteiger partial charge in [0.2, 0.25) is 5.91 Å². The van der Waals surface area contributed by atoms with Crippen molar-refractivity contribution >= 4 is 17.7 Å². The van der Waals surface area contributed by atoms with Crippen molar-refractivity contribution < 1.29 is 13.9 Å². The molecule has 0 fully saturated rings. The lowest BCUT2D eigenvalue weighted by Crippen LogP contribution is -2.27. The number of rotatable bonds is 6. The molecule has 0 radical (unpaired) electrons. The van der Waals surface area contributed by atoms with E-state index in [0.717, 1.165) is 11.3 Å². The maximum Gasteiger partial charge on any atom is 0.233 e. The second-order valence-corrected chi connectivity index (χ2v) is 6.84. The number of methoxy groups -OCH3 is 1. The van der Waals surface area contributed by atoms with Crippen LogP contribution >= 0.6 is 11.8 Å². The van der Waals surface area contributed by atoms with E-state index in [1.165, 1.54) is 35.9 Å². The van der Waals surface area contributed by atoms with Crippen LogP contribution in [0.2, 0.25) is 0 Å². The van der Waals surface area contributed by atoms with E-state index in [-0.39, 0.29) is 24.0 Å². The van der Waals surface area contributed by atoms with Crippen molar-refractivity contribution in [3.63, 3.8) is 0 Å². The first-order chi connectivity index (χ1) is 12.3. The summed E-state index contributed by atoms with van der Waals surface area (Å²) in [5.41, 5.74) is 2.81. The SMILES string of the molecule is COc1ccc(CN(C)C(=O)CSc2nc(C)cc(C)c2C#N)cc1F. The molecule has 0 unspecified atom stereocenters. The summed E-state index contributed by atoms with van der Waals surface area (Å²) < 4.78 is 18.6. The molecular weight excluding hydrogens is 353 g/mol. The molecule has 136 valence electrons. The van der Waals surface area contributed by atoms with E-state index in [0.29, 0.717) is 16.2 Å². The number of halogens is 1. The molecule has 0 spiro atoms. The number of hydrogen-bond donors (Lipinski definition) is 0. The zero-order valence-electron chi connectivity index (χ0n) is 15.2. The summed E-state index contributed by atoms with van der Waals surface area (Å²) in [5, 5.41) is 9.84. The molecule has 0 bridgehead atoms. The molecule has 5 nitrogen and oxygen atoms in total. The largest absolute Gasteiger partial charge is 0.494 e. The van der Waals surface area contributed by atoms with Crippen molar-refractivity contribution in [2.45, 2.75) is 25.4 Å². The van der Waals surface area contributed by atoms with Crippen LogP contribution in [0.5, 0.6) is 5.75 Å². The topological polar surface area (TPSA) is 66.2 Å². The second-order valence-electron chi connectivity index (χ2n) is 5.88. The minimum atomic E-state index is -0.460. The quantitative estimate of drug-likeness (QED) is 0.726. The van der Waals surface area contributed by atoms with Gasteiger partial charge in [-0.1, -0.05) is 17.8 Å². The second kappa shape index (κ2) is 8.68. The third kappa shape index (κ3) is 4.73. The van der Waals surface area contributed by atoms with Crippen LogP contribution in [0.4, 0.5) is 4.39 Å². The van der Waals surface area contributed by atoms with Crippen molar-refractivity contribution in [1.82, 2.24) is 9.88 Å². The third-order valence-electron chi connectivity index (χ3n) is 3.82. The molecule has 0 aliphatic rings. The predicted octanol–water partition coefficient (Wildman–Crippen LogP) is 3.47. The van der Waals surface area contributed by atoms with E-state index in [1.54, 1.807) is 13.1 Å². The third-order valence-corrected chi connectivity index (χ3v) is 4.78. The Hall–Kier alpha value is -2.59. The van der Waals surface area contributed by atoms with Gasteiger partial charge in [0.25, 0.3) is 0 Å². The van der Waals surface area contributed by atoms with Gasteiger partial charge in [-0.25, -0.2) is 9.37 Å². The number of ether oxygens (including phenoxy) is 1. The maximum atomic E-state index is 13.8. The Bertz CT molecular complexity index is 865. The fraction of sp³-hybridized carbons (Fsp3) is 0.316. The van der Waals surface area contributed by atoms with Gasteiger partial charge in [-0.3, -0.25) is 4.79 Å². The van der Waals surface area contributed by atoms with Gasteiger partial charge in [0.1, 0.15) is 11.1 Å². The summed E-state index contributed by atoms with van der Waals surface area (Å²) >= 11 is 1.24. The van der Waals surface area contributed by atoms with Crippen LogP contribution < -0.4 is 4.74 Å². The smallest absolute Gasteiger partial charge is 0.233 e. The molecular formula is C19H20FN3O2S. The van der Waals surface area contributed by atoms with Crippen molar-refractivity contribution in [1.29, 1.82) is 5.26 Å². The molecule has 0 saturated heterocycles. The molecule has 0 atom stereocenters. The predicted molar refractivity (Wildman–Crippen MR) is 98.6 cm³/mol. The van der Waals surface area contributed by atoms with E-state index < -0.39 is 5.82 Å². The Morgan fingerprint density at radius 1 is 1.38 bits per heavy atom. The average Bonchev–Trinajstić information content (AvgIpc) is 2.59. The number of carbonyl (C=O) groups is 1. The van der Waals surface area contributed by atoms with Crippen LogP contribution in [0.3, 0.4) is 0 Å². The van der Waals surface area contributed by atoms with Gasteiger partial charge in [0, 0.05) is 19.3 Å². The van der Waals surface area contributed by atoms with Crippen LogP contribution in [0.25, 0.3) is 0 Å². The normalized spacial score (nSPS) is 10.3. The number of thioether (sulfide) groups is 1. The molecule has 0 N–H and O–H groups in total. The number of nitriles is 1. The lowest BCUT2D eigenvalue weighted by Gasteiger charge is -2.17. The minimum Gasteiger partial charge on any atom is -0.494 e. The number of aromatic nitrogens is 1. The number of aryl methyl sites for hydroxylation is 2. The standard InChI is InChI=1S/C19H20FN3O2S/c1-12-7-13(2)22-19(15(12)9-21)26-11-18(24)23(3)10-14-5-6-17(25-4)16(20)8-14/h5-8H,10-11H2,1-4H3. The first kappa shape index (κ1) is 19.7. The number of pyridine rings is 1. The summed E-state index contributed by atoms with van der Waals surface area (Å²) in [7, 11) is 3.06. The molecule has 2 aromatic rings. The van der Waals surface area contributed by atoms with Crippen LogP contribution in [-0.2, 0) is 11.3 Å². The monoisotopic (exact) mass is 373 g/mol. The number of nitrogens with zero attached hydrogens (tertiary/aromatic N) is 3. The fourth-order valence-corrected chi connectivity index (χ4v) is 3.49. The van der Waals surface area contributed by atoms with Crippen LogP contribution in [0.15, 0.2) is 29.3 Å². The van der Waals surface area contributed by atoms with Crippen LogP contribution in [-0.4, -0.2) is 35.7 Å². The number of hydrogen-bond acceptors (Lipinski definition) is 5. The lowest BCUT2D eigenvalue weighted by molar-refractivity contribution is -0.127. The van der Waals surface area contributed by atoms with Crippen molar-refractivity contribution in [2.24, 2.45) is 0 Å². The molecule has 26 heavy (non-hydrogen) atoms. The Morgan fingerprint density at radius 2 is 2.12 bits per heavy atom. The summed E-state index contributed by atoms with van der Waals surface area (Å²) in [6, 6.07) is 8.60. The maximum absolute atomic E-state index is 13.8. The molecule has 0 saturated carbocycles. The Morgan fingerprint density at radius 3 is 2.73 bits per heavy atom. The van der Waals surface area contributed by atoms with Gasteiger partial charge < -0.3 is 9.64 Å². The van der Waals surface area contributed by atoms with Gasteiger partial charge in [-0.05, 0) is 43.2 Å². The van der Waals surface area contributed by atoms with E-state index in [2.05, 4.69) is 11.1 Å². The Kier molecular flexibility index (Phi) is 6.58. The Balaban J connectivity index is 2.02. The van der Waals surface area contributed by atoms with Gasteiger partial charge in [-0.2, -0.15) is 5.26 Å². The molecule has 7 heteroatoms. The molecule has 0 aliphatic carbocycles. The first-order valence-corrected chi connectivity index (χ1v) is 8.91. The zero-order valence-corrected chi connectivity index (χ0v) is 16.0. The number of benzene rings is 1. The average molecular weight is 373 g/mol. The number of carbonyl (C=O) groups excluding carboxylic acids is 1. The highest BCUT2D eigenvalue weighted by molar-refractivity contribution is 8.00. The highest BCUT2D eigenvalue weighted by Gasteiger charge is 2.15. The first-order valence-electron chi connectivity index (χ1n) is 7.93. The fourth-order valence-electron chi connectivity index (χ4n) is 2.45. The van der Waals surface area contributed by atoms with E-state index in [4.69, 9.17) is 4.74 Å². The lowest BCUT2D eigenvalue weighted by atomic mass is 10.1. The van der Waals surface area contributed by atoms with Gasteiger partial charge in [0.05, 0.1) is 18.4 Å².